The van der Waals surface area contributed by atoms with Crippen LogP contribution in [0.15, 0.2) is 35.4 Å². The van der Waals surface area contributed by atoms with Gasteiger partial charge in [0.25, 0.3) is 0 Å². The predicted octanol–water partition coefficient (Wildman–Crippen LogP) is 3.88. The molecule has 0 amide bonds. The van der Waals surface area contributed by atoms with Crippen molar-refractivity contribution in [3.63, 3.8) is 0 Å². The third-order valence-electron chi connectivity index (χ3n) is 3.65. The van der Waals surface area contributed by atoms with Crippen molar-refractivity contribution in [2.45, 2.75) is 33.1 Å². The fourth-order valence-electron chi connectivity index (χ4n) is 2.04. The lowest BCUT2D eigenvalue weighted by molar-refractivity contribution is 0.0697. The maximum atomic E-state index is 10.9. The Bertz CT molecular complexity index is 612. The van der Waals surface area contributed by atoms with E-state index in [4.69, 9.17) is 15.6 Å². The van der Waals surface area contributed by atoms with E-state index in [9.17, 15) is 4.79 Å². The number of hydrogen-bond acceptors (Lipinski definition) is 3. The lowest BCUT2D eigenvalue weighted by Gasteiger charge is -2.19. The summed E-state index contributed by atoms with van der Waals surface area (Å²) in [6, 6.07) is 10.5. The molecule has 0 aliphatic heterocycles. The SMILES string of the molecule is CC(C)=C(C)C[C@H](c1ccc(C(=O)O)cc1)C(C#N)C#N. The number of aromatic carboxylic acids is 1. The molecule has 0 bridgehead atoms. The maximum absolute atomic E-state index is 10.9. The topological polar surface area (TPSA) is 84.9 Å². The Hall–Kier alpha value is -2.59. The molecule has 1 aromatic rings. The fourth-order valence-corrected chi connectivity index (χ4v) is 2.04. The van der Waals surface area contributed by atoms with Crippen molar-refractivity contribution in [3.05, 3.63) is 46.5 Å². The Labute approximate surface area is 124 Å². The first-order chi connectivity index (χ1) is 9.90. The molecular weight excluding hydrogens is 264 g/mol. The fraction of sp³-hybridized carbons (Fsp3) is 0.353. The third-order valence-corrected chi connectivity index (χ3v) is 3.65. The molecule has 1 atom stereocenters. The van der Waals surface area contributed by atoms with Crippen molar-refractivity contribution in [2.75, 3.05) is 0 Å². The van der Waals surface area contributed by atoms with Gasteiger partial charge in [0.05, 0.1) is 17.7 Å². The van der Waals surface area contributed by atoms with Crippen LogP contribution >= 0.6 is 0 Å². The number of allylic oxidation sites excluding steroid dienone is 2. The number of carboxylic acid groups (broad SMARTS) is 1. The molecule has 0 aromatic heterocycles. The summed E-state index contributed by atoms with van der Waals surface area (Å²) < 4.78 is 0. The van der Waals surface area contributed by atoms with Crippen molar-refractivity contribution in [1.82, 2.24) is 0 Å². The highest BCUT2D eigenvalue weighted by Crippen LogP contribution is 2.31. The molecule has 0 saturated carbocycles. The van der Waals surface area contributed by atoms with E-state index in [0.717, 1.165) is 16.7 Å². The van der Waals surface area contributed by atoms with Gasteiger partial charge in [-0.05, 0) is 44.9 Å². The van der Waals surface area contributed by atoms with E-state index in [0.29, 0.717) is 6.42 Å². The smallest absolute Gasteiger partial charge is 0.335 e. The number of hydrogen-bond donors (Lipinski definition) is 1. The standard InChI is InChI=1S/C17H18N2O2/c1-11(2)12(3)8-16(15(9-18)10-19)13-4-6-14(7-5-13)17(20)21/h4-7,15-16H,8H2,1-3H3,(H,20,21)/t16-/m1/s1. The number of carbonyl (C=O) groups is 1. The predicted molar refractivity (Wildman–Crippen MR) is 79.5 cm³/mol. The summed E-state index contributed by atoms with van der Waals surface area (Å²) in [5.41, 5.74) is 3.31. The molecule has 1 rings (SSSR count). The minimum absolute atomic E-state index is 0.196. The van der Waals surface area contributed by atoms with Crippen LogP contribution in [-0.2, 0) is 0 Å². The maximum Gasteiger partial charge on any atom is 0.335 e. The van der Waals surface area contributed by atoms with Crippen LogP contribution < -0.4 is 0 Å². The number of rotatable bonds is 5. The largest absolute Gasteiger partial charge is 0.478 e. The van der Waals surface area contributed by atoms with Crippen LogP contribution in [0.4, 0.5) is 0 Å². The highest BCUT2D eigenvalue weighted by atomic mass is 16.4. The number of nitriles is 2. The van der Waals surface area contributed by atoms with Crippen LogP contribution in [0, 0.1) is 28.6 Å². The van der Waals surface area contributed by atoms with E-state index in [1.54, 1.807) is 12.1 Å². The molecule has 0 unspecified atom stereocenters. The Balaban J connectivity index is 3.19. The molecule has 0 saturated heterocycles. The number of benzene rings is 1. The van der Waals surface area contributed by atoms with Gasteiger partial charge in [0.2, 0.25) is 0 Å². The monoisotopic (exact) mass is 282 g/mol. The molecule has 0 spiro atoms. The summed E-state index contributed by atoms with van der Waals surface area (Å²) in [7, 11) is 0. The van der Waals surface area contributed by atoms with Gasteiger partial charge in [-0.15, -0.1) is 0 Å². The second-order valence-electron chi connectivity index (χ2n) is 5.25. The molecule has 0 aliphatic rings. The van der Waals surface area contributed by atoms with Gasteiger partial charge in [-0.25, -0.2) is 4.79 Å². The Morgan fingerprint density at radius 3 is 2.05 bits per heavy atom. The van der Waals surface area contributed by atoms with Gasteiger partial charge in [-0.2, -0.15) is 10.5 Å². The van der Waals surface area contributed by atoms with Crippen molar-refractivity contribution in [1.29, 1.82) is 10.5 Å². The van der Waals surface area contributed by atoms with Crippen molar-refractivity contribution < 1.29 is 9.90 Å². The first-order valence-electron chi connectivity index (χ1n) is 6.66. The molecule has 1 N–H and O–H groups in total. The highest BCUT2D eigenvalue weighted by molar-refractivity contribution is 5.87. The van der Waals surface area contributed by atoms with Gasteiger partial charge < -0.3 is 5.11 Å². The van der Waals surface area contributed by atoms with Gasteiger partial charge in [0.15, 0.2) is 0 Å². The molecule has 0 fully saturated rings. The van der Waals surface area contributed by atoms with Crippen LogP contribution in [0.2, 0.25) is 0 Å². The molecular formula is C17H18N2O2. The van der Waals surface area contributed by atoms with E-state index in [1.807, 2.05) is 32.9 Å². The summed E-state index contributed by atoms with van der Waals surface area (Å²) in [6.45, 7) is 5.97. The van der Waals surface area contributed by atoms with Crippen LogP contribution in [0.1, 0.15) is 49.0 Å². The normalized spacial score (nSPS) is 11.3. The molecule has 108 valence electrons. The Morgan fingerprint density at radius 1 is 1.14 bits per heavy atom. The zero-order valence-corrected chi connectivity index (χ0v) is 12.4. The van der Waals surface area contributed by atoms with E-state index in [1.165, 1.54) is 12.1 Å². The van der Waals surface area contributed by atoms with Gasteiger partial charge in [0, 0.05) is 5.92 Å². The summed E-state index contributed by atoms with van der Waals surface area (Å²) in [5.74, 6) is -2.00. The van der Waals surface area contributed by atoms with Crippen molar-refractivity contribution in [3.8, 4) is 12.1 Å². The van der Waals surface area contributed by atoms with Gasteiger partial charge in [-0.3, -0.25) is 0 Å². The summed E-state index contributed by atoms with van der Waals surface area (Å²) in [4.78, 5) is 10.9. The highest BCUT2D eigenvalue weighted by Gasteiger charge is 2.23. The zero-order chi connectivity index (χ0) is 16.0. The minimum atomic E-state index is -0.990. The van der Waals surface area contributed by atoms with Crippen molar-refractivity contribution in [2.24, 2.45) is 5.92 Å². The van der Waals surface area contributed by atoms with Crippen LogP contribution in [0.3, 0.4) is 0 Å². The van der Waals surface area contributed by atoms with Gasteiger partial charge in [-0.1, -0.05) is 23.3 Å². The van der Waals surface area contributed by atoms with E-state index in [2.05, 4.69) is 0 Å². The Morgan fingerprint density at radius 2 is 1.67 bits per heavy atom. The molecule has 4 heteroatoms. The first kappa shape index (κ1) is 16.5. The summed E-state index contributed by atoms with van der Waals surface area (Å²) in [5, 5.41) is 27.3. The lowest BCUT2D eigenvalue weighted by Crippen LogP contribution is -2.11. The van der Waals surface area contributed by atoms with Crippen molar-refractivity contribution >= 4 is 5.97 Å². The third kappa shape index (κ3) is 4.19. The average Bonchev–Trinajstić information content (AvgIpc) is 2.47. The first-order valence-corrected chi connectivity index (χ1v) is 6.66. The second-order valence-corrected chi connectivity index (χ2v) is 5.25. The van der Waals surface area contributed by atoms with Crippen LogP contribution in [0.25, 0.3) is 0 Å². The van der Waals surface area contributed by atoms with E-state index >= 15 is 0 Å². The lowest BCUT2D eigenvalue weighted by atomic mass is 9.82. The average molecular weight is 282 g/mol. The van der Waals surface area contributed by atoms with E-state index < -0.39 is 11.9 Å². The van der Waals surface area contributed by atoms with Gasteiger partial charge in [0.1, 0.15) is 5.92 Å². The summed E-state index contributed by atoms with van der Waals surface area (Å²) >= 11 is 0. The summed E-state index contributed by atoms with van der Waals surface area (Å²) in [6.07, 6.45) is 0.612. The zero-order valence-electron chi connectivity index (χ0n) is 12.4. The Kier molecular flexibility index (Phi) is 5.69. The number of nitrogens with zero attached hydrogens (tertiary/aromatic N) is 2. The molecule has 1 aromatic carbocycles. The number of carboxylic acids is 1. The molecule has 0 aliphatic carbocycles. The molecule has 4 nitrogen and oxygen atoms in total. The van der Waals surface area contributed by atoms with Crippen LogP contribution in [-0.4, -0.2) is 11.1 Å². The van der Waals surface area contributed by atoms with E-state index in [-0.39, 0.29) is 11.5 Å². The van der Waals surface area contributed by atoms with Crippen LogP contribution in [0.5, 0.6) is 0 Å². The molecule has 0 heterocycles. The van der Waals surface area contributed by atoms with Gasteiger partial charge >= 0.3 is 5.97 Å². The molecule has 21 heavy (non-hydrogen) atoms. The minimum Gasteiger partial charge on any atom is -0.478 e. The molecule has 0 radical (unpaired) electrons. The quantitative estimate of drug-likeness (QED) is 0.830. The second kappa shape index (κ2) is 7.26.